The molecule has 0 saturated heterocycles. The number of benzene rings is 1. The highest BCUT2D eigenvalue weighted by molar-refractivity contribution is 5.82. The molecule has 1 N–H and O–H groups in total. The summed E-state index contributed by atoms with van der Waals surface area (Å²) in [5.74, 6) is 0.939. The molecule has 0 spiro atoms. The Bertz CT molecular complexity index is 377. The number of amides is 1. The van der Waals surface area contributed by atoms with Crippen molar-refractivity contribution in [3.05, 3.63) is 35.9 Å². The molecule has 0 heterocycles. The van der Waals surface area contributed by atoms with E-state index in [1.165, 1.54) is 5.56 Å². The van der Waals surface area contributed by atoms with Crippen molar-refractivity contribution in [1.82, 2.24) is 10.2 Å². The number of rotatable bonds is 5. The van der Waals surface area contributed by atoms with Crippen LogP contribution in [-0.2, 0) is 4.79 Å². The molecular weight excluding hydrogens is 212 g/mol. The van der Waals surface area contributed by atoms with Gasteiger partial charge in [-0.2, -0.15) is 0 Å². The Labute approximate surface area is 103 Å². The van der Waals surface area contributed by atoms with E-state index in [2.05, 4.69) is 17.4 Å². The lowest BCUT2D eigenvalue weighted by Crippen LogP contribution is -2.34. The lowest BCUT2D eigenvalue weighted by molar-refractivity contribution is -0.131. The lowest BCUT2D eigenvalue weighted by atomic mass is 10.1. The molecule has 0 aliphatic heterocycles. The first kappa shape index (κ1) is 12.1. The molecule has 0 bridgehead atoms. The van der Waals surface area contributed by atoms with Gasteiger partial charge >= 0.3 is 0 Å². The molecule has 3 heteroatoms. The first-order valence-electron chi connectivity index (χ1n) is 6.18. The van der Waals surface area contributed by atoms with Crippen molar-refractivity contribution in [2.45, 2.75) is 12.3 Å². The van der Waals surface area contributed by atoms with Gasteiger partial charge in [-0.15, -0.1) is 0 Å². The summed E-state index contributed by atoms with van der Waals surface area (Å²) >= 11 is 0. The van der Waals surface area contributed by atoms with Crippen molar-refractivity contribution in [3.63, 3.8) is 0 Å². The van der Waals surface area contributed by atoms with Gasteiger partial charge < -0.3 is 10.2 Å². The van der Waals surface area contributed by atoms with Crippen LogP contribution < -0.4 is 5.32 Å². The molecule has 1 aliphatic carbocycles. The first-order chi connectivity index (χ1) is 8.24. The highest BCUT2D eigenvalue weighted by atomic mass is 16.2. The van der Waals surface area contributed by atoms with Crippen LogP contribution in [0.4, 0.5) is 0 Å². The molecule has 1 aromatic carbocycles. The number of likely N-dealkylation sites (N-methyl/N-ethyl adjacent to an activating group) is 2. The highest BCUT2D eigenvalue weighted by Crippen LogP contribution is 2.48. The van der Waals surface area contributed by atoms with Gasteiger partial charge in [-0.3, -0.25) is 4.79 Å². The molecule has 1 amide bonds. The second-order valence-corrected chi connectivity index (χ2v) is 4.72. The summed E-state index contributed by atoms with van der Waals surface area (Å²) in [6.45, 7) is 1.64. The van der Waals surface area contributed by atoms with Crippen molar-refractivity contribution in [1.29, 1.82) is 0 Å². The summed E-state index contributed by atoms with van der Waals surface area (Å²) < 4.78 is 0. The quantitative estimate of drug-likeness (QED) is 0.833. The number of hydrogen-bond donors (Lipinski definition) is 1. The Morgan fingerprint density at radius 3 is 2.76 bits per heavy atom. The third kappa shape index (κ3) is 2.86. The molecule has 0 aromatic heterocycles. The van der Waals surface area contributed by atoms with Crippen molar-refractivity contribution in [2.24, 2.45) is 5.92 Å². The Morgan fingerprint density at radius 1 is 1.41 bits per heavy atom. The largest absolute Gasteiger partial charge is 0.344 e. The smallest absolute Gasteiger partial charge is 0.226 e. The van der Waals surface area contributed by atoms with Crippen LogP contribution in [0.2, 0.25) is 0 Å². The van der Waals surface area contributed by atoms with Gasteiger partial charge in [0, 0.05) is 26.1 Å². The topological polar surface area (TPSA) is 32.3 Å². The van der Waals surface area contributed by atoms with Gasteiger partial charge in [-0.1, -0.05) is 30.3 Å². The Hall–Kier alpha value is -1.35. The summed E-state index contributed by atoms with van der Waals surface area (Å²) in [6.07, 6.45) is 1.01. The lowest BCUT2D eigenvalue weighted by Gasteiger charge is -2.16. The first-order valence-corrected chi connectivity index (χ1v) is 6.18. The van der Waals surface area contributed by atoms with Gasteiger partial charge in [-0.05, 0) is 24.9 Å². The number of carbonyl (C=O) groups is 1. The van der Waals surface area contributed by atoms with Gasteiger partial charge in [0.2, 0.25) is 5.91 Å². The summed E-state index contributed by atoms with van der Waals surface area (Å²) in [6, 6.07) is 10.3. The van der Waals surface area contributed by atoms with Crippen molar-refractivity contribution >= 4 is 5.91 Å². The number of nitrogens with one attached hydrogen (secondary N) is 1. The monoisotopic (exact) mass is 232 g/mol. The highest BCUT2D eigenvalue weighted by Gasteiger charge is 2.44. The summed E-state index contributed by atoms with van der Waals surface area (Å²) in [5.41, 5.74) is 1.30. The maximum absolute atomic E-state index is 12.1. The number of hydrogen-bond acceptors (Lipinski definition) is 2. The SMILES string of the molecule is CNCCN(C)C(=O)C1CC1c1ccccc1. The summed E-state index contributed by atoms with van der Waals surface area (Å²) in [4.78, 5) is 13.9. The van der Waals surface area contributed by atoms with E-state index in [0.29, 0.717) is 5.92 Å². The maximum Gasteiger partial charge on any atom is 0.226 e. The Morgan fingerprint density at radius 2 is 2.12 bits per heavy atom. The molecule has 2 rings (SSSR count). The van der Waals surface area contributed by atoms with Crippen LogP contribution in [0, 0.1) is 5.92 Å². The van der Waals surface area contributed by atoms with E-state index in [9.17, 15) is 4.79 Å². The number of nitrogens with zero attached hydrogens (tertiary/aromatic N) is 1. The standard InChI is InChI=1S/C14H20N2O/c1-15-8-9-16(2)14(17)13-10-12(13)11-6-4-3-5-7-11/h3-7,12-13,15H,8-10H2,1-2H3. The minimum atomic E-state index is 0.208. The normalized spacial score (nSPS) is 22.2. The molecule has 92 valence electrons. The molecule has 3 nitrogen and oxygen atoms in total. The zero-order valence-corrected chi connectivity index (χ0v) is 10.5. The van der Waals surface area contributed by atoms with E-state index in [0.717, 1.165) is 19.5 Å². The van der Waals surface area contributed by atoms with Gasteiger partial charge in [0.1, 0.15) is 0 Å². The van der Waals surface area contributed by atoms with Gasteiger partial charge in [0.15, 0.2) is 0 Å². The van der Waals surface area contributed by atoms with E-state index in [1.54, 1.807) is 0 Å². The summed E-state index contributed by atoms with van der Waals surface area (Å²) in [5, 5.41) is 3.06. The zero-order valence-electron chi connectivity index (χ0n) is 10.5. The third-order valence-corrected chi connectivity index (χ3v) is 3.41. The van der Waals surface area contributed by atoms with Crippen LogP contribution in [0.15, 0.2) is 30.3 Å². The van der Waals surface area contributed by atoms with Gasteiger partial charge in [0.05, 0.1) is 0 Å². The fourth-order valence-corrected chi connectivity index (χ4v) is 2.21. The van der Waals surface area contributed by atoms with Crippen molar-refractivity contribution in [3.8, 4) is 0 Å². The average Bonchev–Trinajstić information content (AvgIpc) is 3.16. The maximum atomic E-state index is 12.1. The average molecular weight is 232 g/mol. The molecule has 17 heavy (non-hydrogen) atoms. The van der Waals surface area contributed by atoms with Crippen LogP contribution >= 0.6 is 0 Å². The second-order valence-electron chi connectivity index (χ2n) is 4.72. The molecule has 1 saturated carbocycles. The van der Waals surface area contributed by atoms with E-state index < -0.39 is 0 Å². The van der Waals surface area contributed by atoms with Crippen LogP contribution in [0.5, 0.6) is 0 Å². The van der Waals surface area contributed by atoms with Crippen LogP contribution in [0.25, 0.3) is 0 Å². The Balaban J connectivity index is 1.88. The van der Waals surface area contributed by atoms with Gasteiger partial charge in [-0.25, -0.2) is 0 Å². The molecule has 1 aliphatic rings. The minimum Gasteiger partial charge on any atom is -0.344 e. The van der Waals surface area contributed by atoms with E-state index >= 15 is 0 Å². The third-order valence-electron chi connectivity index (χ3n) is 3.41. The molecule has 2 unspecified atom stereocenters. The minimum absolute atomic E-state index is 0.208. The number of carbonyl (C=O) groups excluding carboxylic acids is 1. The Kier molecular flexibility index (Phi) is 3.79. The molecule has 0 radical (unpaired) electrons. The van der Waals surface area contributed by atoms with Crippen molar-refractivity contribution in [2.75, 3.05) is 27.2 Å². The molecular formula is C14H20N2O. The van der Waals surface area contributed by atoms with Crippen LogP contribution in [0.3, 0.4) is 0 Å². The second kappa shape index (κ2) is 5.32. The van der Waals surface area contributed by atoms with E-state index in [4.69, 9.17) is 0 Å². The van der Waals surface area contributed by atoms with E-state index in [-0.39, 0.29) is 11.8 Å². The molecule has 1 aromatic rings. The van der Waals surface area contributed by atoms with Crippen LogP contribution in [-0.4, -0.2) is 38.0 Å². The predicted octanol–water partition coefficient (Wildman–Crippen LogP) is 1.47. The molecule has 2 atom stereocenters. The van der Waals surface area contributed by atoms with E-state index in [1.807, 2.05) is 37.2 Å². The van der Waals surface area contributed by atoms with Crippen molar-refractivity contribution < 1.29 is 4.79 Å². The summed E-state index contributed by atoms with van der Waals surface area (Å²) in [7, 11) is 3.79. The zero-order chi connectivity index (χ0) is 12.3. The van der Waals surface area contributed by atoms with Gasteiger partial charge in [0.25, 0.3) is 0 Å². The van der Waals surface area contributed by atoms with Crippen LogP contribution in [0.1, 0.15) is 17.9 Å². The predicted molar refractivity (Wildman–Crippen MR) is 68.9 cm³/mol. The molecule has 1 fully saturated rings. The fraction of sp³-hybridized carbons (Fsp3) is 0.500. The fourth-order valence-electron chi connectivity index (χ4n) is 2.21.